The summed E-state index contributed by atoms with van der Waals surface area (Å²) in [5, 5.41) is 0. The molecule has 2 aliphatic rings. The van der Waals surface area contributed by atoms with Crippen LogP contribution in [0.15, 0.2) is 48.5 Å². The molecular formula is C25H31FN4O3. The van der Waals surface area contributed by atoms with E-state index in [1.165, 1.54) is 17.0 Å². The zero-order valence-electron chi connectivity index (χ0n) is 19.1. The number of nitrogens with zero attached hydrogens (tertiary/aromatic N) is 4. The lowest BCUT2D eigenvalue weighted by Gasteiger charge is -2.37. The topological polar surface area (TPSA) is 56.3 Å². The Bertz CT molecular complexity index is 942. The van der Waals surface area contributed by atoms with Crippen molar-refractivity contribution in [3.8, 4) is 5.75 Å². The highest BCUT2D eigenvalue weighted by atomic mass is 19.1. The molecule has 33 heavy (non-hydrogen) atoms. The normalized spacial score (nSPS) is 18.1. The van der Waals surface area contributed by atoms with Crippen LogP contribution in [0.4, 0.5) is 10.1 Å². The maximum Gasteiger partial charge on any atom is 0.243 e. The first kappa shape index (κ1) is 23.2. The van der Waals surface area contributed by atoms with Gasteiger partial charge in [-0.25, -0.2) is 4.39 Å². The highest BCUT2D eigenvalue weighted by Gasteiger charge is 2.31. The minimum Gasteiger partial charge on any atom is -0.496 e. The Morgan fingerprint density at radius 3 is 2.18 bits per heavy atom. The van der Waals surface area contributed by atoms with Gasteiger partial charge >= 0.3 is 0 Å². The van der Waals surface area contributed by atoms with Gasteiger partial charge in [-0.3, -0.25) is 24.3 Å². The van der Waals surface area contributed by atoms with Crippen LogP contribution in [0.3, 0.4) is 0 Å². The Morgan fingerprint density at radius 1 is 0.848 bits per heavy atom. The maximum atomic E-state index is 13.1. The number of amides is 2. The molecule has 0 saturated carbocycles. The number of hydrogen-bond acceptors (Lipinski definition) is 6. The van der Waals surface area contributed by atoms with E-state index in [9.17, 15) is 14.0 Å². The van der Waals surface area contributed by atoms with Crippen molar-refractivity contribution >= 4 is 17.5 Å². The molecule has 0 N–H and O–H groups in total. The number of benzene rings is 2. The van der Waals surface area contributed by atoms with E-state index in [0.29, 0.717) is 13.1 Å². The van der Waals surface area contributed by atoms with E-state index in [-0.39, 0.29) is 30.7 Å². The quantitative estimate of drug-likeness (QED) is 0.571. The molecular weight excluding hydrogens is 423 g/mol. The molecule has 2 fully saturated rings. The average molecular weight is 455 g/mol. The molecule has 7 nitrogen and oxygen atoms in total. The SMILES string of the molecule is COc1ccccc1CN1CC(=O)N(CCCN2CCN(c3ccc(F)cc3)CC2)C(=O)C1. The molecule has 0 aliphatic carbocycles. The molecule has 0 aromatic heterocycles. The van der Waals surface area contributed by atoms with Crippen molar-refractivity contribution in [1.29, 1.82) is 0 Å². The fourth-order valence-corrected chi connectivity index (χ4v) is 4.52. The van der Waals surface area contributed by atoms with Crippen LogP contribution in [0.5, 0.6) is 5.75 Å². The van der Waals surface area contributed by atoms with E-state index in [1.54, 1.807) is 7.11 Å². The number of rotatable bonds is 8. The maximum absolute atomic E-state index is 13.1. The summed E-state index contributed by atoms with van der Waals surface area (Å²) in [6.07, 6.45) is 0.764. The summed E-state index contributed by atoms with van der Waals surface area (Å²) < 4.78 is 18.5. The second kappa shape index (κ2) is 10.8. The zero-order valence-corrected chi connectivity index (χ0v) is 19.1. The van der Waals surface area contributed by atoms with Crippen LogP contribution in [0.1, 0.15) is 12.0 Å². The monoisotopic (exact) mass is 454 g/mol. The standard InChI is InChI=1S/C25H31FN4O3/c1-33-23-6-3-2-5-20(23)17-28-18-24(31)30(25(32)19-28)12-4-11-27-13-15-29(16-14-27)22-9-7-21(26)8-10-22/h2-3,5-10H,4,11-19H2,1H3. The van der Waals surface area contributed by atoms with Crippen LogP contribution in [0, 0.1) is 5.82 Å². The van der Waals surface area contributed by atoms with Gasteiger partial charge in [-0.1, -0.05) is 18.2 Å². The van der Waals surface area contributed by atoms with E-state index in [1.807, 2.05) is 41.3 Å². The molecule has 0 atom stereocenters. The number of methoxy groups -OCH3 is 1. The molecule has 176 valence electrons. The number of imide groups is 1. The minimum absolute atomic E-state index is 0.137. The van der Waals surface area contributed by atoms with Crippen molar-refractivity contribution in [2.75, 3.05) is 64.4 Å². The van der Waals surface area contributed by atoms with Crippen LogP contribution in [0.2, 0.25) is 0 Å². The molecule has 2 saturated heterocycles. The van der Waals surface area contributed by atoms with Gasteiger partial charge in [0.2, 0.25) is 11.8 Å². The predicted molar refractivity (Wildman–Crippen MR) is 125 cm³/mol. The van der Waals surface area contributed by atoms with Crippen molar-refractivity contribution in [3.63, 3.8) is 0 Å². The Kier molecular flexibility index (Phi) is 7.57. The van der Waals surface area contributed by atoms with Crippen molar-refractivity contribution in [1.82, 2.24) is 14.7 Å². The van der Waals surface area contributed by atoms with Gasteiger partial charge in [0.1, 0.15) is 11.6 Å². The van der Waals surface area contributed by atoms with E-state index in [0.717, 1.165) is 56.1 Å². The lowest BCUT2D eigenvalue weighted by atomic mass is 10.1. The van der Waals surface area contributed by atoms with Crippen LogP contribution in [-0.4, -0.2) is 86.0 Å². The second-order valence-corrected chi connectivity index (χ2v) is 8.55. The zero-order chi connectivity index (χ0) is 23.2. The van der Waals surface area contributed by atoms with Gasteiger partial charge < -0.3 is 9.64 Å². The van der Waals surface area contributed by atoms with Gasteiger partial charge in [-0.15, -0.1) is 0 Å². The number of ether oxygens (including phenoxy) is 1. The minimum atomic E-state index is -0.220. The van der Waals surface area contributed by atoms with Crippen LogP contribution in [0.25, 0.3) is 0 Å². The Hall–Kier alpha value is -2.97. The van der Waals surface area contributed by atoms with Gasteiger partial charge in [0.15, 0.2) is 0 Å². The molecule has 2 heterocycles. The number of carbonyl (C=O) groups is 2. The van der Waals surface area contributed by atoms with Gasteiger partial charge in [-0.05, 0) is 43.3 Å². The average Bonchev–Trinajstić information content (AvgIpc) is 2.82. The van der Waals surface area contributed by atoms with E-state index < -0.39 is 0 Å². The molecule has 4 rings (SSSR count). The van der Waals surface area contributed by atoms with Gasteiger partial charge in [0.05, 0.1) is 20.2 Å². The lowest BCUT2D eigenvalue weighted by molar-refractivity contribution is -0.151. The largest absolute Gasteiger partial charge is 0.496 e. The van der Waals surface area contributed by atoms with Crippen molar-refractivity contribution in [3.05, 3.63) is 59.9 Å². The van der Waals surface area contributed by atoms with Crippen LogP contribution >= 0.6 is 0 Å². The Balaban J connectivity index is 1.20. The van der Waals surface area contributed by atoms with E-state index >= 15 is 0 Å². The molecule has 2 aromatic carbocycles. The summed E-state index contributed by atoms with van der Waals surface area (Å²) in [5.74, 6) is 0.269. The molecule has 8 heteroatoms. The number of hydrogen-bond donors (Lipinski definition) is 0. The summed E-state index contributed by atoms with van der Waals surface area (Å²) >= 11 is 0. The third kappa shape index (κ3) is 5.89. The van der Waals surface area contributed by atoms with Crippen molar-refractivity contribution < 1.29 is 18.7 Å². The molecule has 0 radical (unpaired) electrons. The van der Waals surface area contributed by atoms with E-state index in [2.05, 4.69) is 9.80 Å². The molecule has 0 spiro atoms. The van der Waals surface area contributed by atoms with Crippen molar-refractivity contribution in [2.45, 2.75) is 13.0 Å². The fraction of sp³-hybridized carbons (Fsp3) is 0.440. The van der Waals surface area contributed by atoms with Gasteiger partial charge in [-0.2, -0.15) is 0 Å². The molecule has 0 bridgehead atoms. The third-order valence-corrected chi connectivity index (χ3v) is 6.33. The highest BCUT2D eigenvalue weighted by molar-refractivity contribution is 5.99. The molecule has 2 aromatic rings. The van der Waals surface area contributed by atoms with Crippen LogP contribution in [-0.2, 0) is 16.1 Å². The number of para-hydroxylation sites is 1. The summed E-state index contributed by atoms with van der Waals surface area (Å²) in [6.45, 7) is 5.86. The first-order valence-corrected chi connectivity index (χ1v) is 11.4. The second-order valence-electron chi connectivity index (χ2n) is 8.55. The molecule has 2 amide bonds. The smallest absolute Gasteiger partial charge is 0.243 e. The predicted octanol–water partition coefficient (Wildman–Crippen LogP) is 2.22. The highest BCUT2D eigenvalue weighted by Crippen LogP contribution is 2.21. The molecule has 0 unspecified atom stereocenters. The van der Waals surface area contributed by atoms with Gasteiger partial charge in [0.25, 0.3) is 0 Å². The number of piperazine rings is 2. The summed E-state index contributed by atoms with van der Waals surface area (Å²) in [4.78, 5) is 33.2. The summed E-state index contributed by atoms with van der Waals surface area (Å²) in [5.41, 5.74) is 2.01. The van der Waals surface area contributed by atoms with Gasteiger partial charge in [0, 0.05) is 50.5 Å². The summed E-state index contributed by atoms with van der Waals surface area (Å²) in [6, 6.07) is 14.3. The Labute approximate surface area is 194 Å². The molecule has 2 aliphatic heterocycles. The fourth-order valence-electron chi connectivity index (χ4n) is 4.52. The van der Waals surface area contributed by atoms with Crippen LogP contribution < -0.4 is 9.64 Å². The summed E-state index contributed by atoms with van der Waals surface area (Å²) in [7, 11) is 1.62. The number of halogens is 1. The number of carbonyl (C=O) groups excluding carboxylic acids is 2. The van der Waals surface area contributed by atoms with Crippen molar-refractivity contribution in [2.24, 2.45) is 0 Å². The van der Waals surface area contributed by atoms with E-state index in [4.69, 9.17) is 4.74 Å². The first-order valence-electron chi connectivity index (χ1n) is 11.4. The third-order valence-electron chi connectivity index (χ3n) is 6.33. The number of anilines is 1. The first-order chi connectivity index (χ1) is 16.0. The Morgan fingerprint density at radius 2 is 1.52 bits per heavy atom. The lowest BCUT2D eigenvalue weighted by Crippen LogP contribution is -2.54.